The zero-order valence-electron chi connectivity index (χ0n) is 15.5. The van der Waals surface area contributed by atoms with E-state index in [0.29, 0.717) is 12.2 Å². The van der Waals surface area contributed by atoms with E-state index in [1.165, 1.54) is 0 Å². The van der Waals surface area contributed by atoms with Crippen LogP contribution in [0, 0.1) is 0 Å². The van der Waals surface area contributed by atoms with Gasteiger partial charge in [-0.05, 0) is 65.5 Å². The van der Waals surface area contributed by atoms with E-state index in [1.807, 2.05) is 77.5 Å². The monoisotopic (exact) mass is 372 g/mol. The van der Waals surface area contributed by atoms with Crippen LogP contribution < -0.4 is 15.2 Å². The highest BCUT2D eigenvalue weighted by atomic mass is 16.5. The molecular formula is C23H20N2O3. The van der Waals surface area contributed by atoms with Gasteiger partial charge in [-0.15, -0.1) is 0 Å². The fourth-order valence-electron chi connectivity index (χ4n) is 3.10. The van der Waals surface area contributed by atoms with Crippen molar-refractivity contribution in [3.05, 3.63) is 90.1 Å². The molecule has 0 radical (unpaired) electrons. The molecule has 1 amide bonds. The second kappa shape index (κ2) is 7.48. The summed E-state index contributed by atoms with van der Waals surface area (Å²) in [4.78, 5) is 11.5. The number of hydrogen-bond donors (Lipinski definition) is 1. The summed E-state index contributed by atoms with van der Waals surface area (Å²) in [7, 11) is 1.65. The number of rotatable bonds is 6. The lowest BCUT2D eigenvalue weighted by molar-refractivity contribution is 0.100. The number of amides is 1. The maximum atomic E-state index is 11.5. The number of ether oxygens (including phenoxy) is 2. The number of nitrogens with zero attached hydrogens (tertiary/aromatic N) is 1. The van der Waals surface area contributed by atoms with Gasteiger partial charge in [0.25, 0.3) is 0 Å². The molecule has 0 fully saturated rings. The lowest BCUT2D eigenvalue weighted by Crippen LogP contribution is -2.10. The van der Waals surface area contributed by atoms with Crippen molar-refractivity contribution in [1.29, 1.82) is 0 Å². The molecule has 0 saturated carbocycles. The summed E-state index contributed by atoms with van der Waals surface area (Å²) in [6.45, 7) is 0.484. The number of carbonyl (C=O) groups excluding carboxylic acids is 1. The minimum Gasteiger partial charge on any atom is -0.497 e. The van der Waals surface area contributed by atoms with E-state index in [4.69, 9.17) is 15.2 Å². The van der Waals surface area contributed by atoms with E-state index in [1.54, 1.807) is 13.2 Å². The largest absolute Gasteiger partial charge is 0.497 e. The third-order valence-corrected chi connectivity index (χ3v) is 4.66. The summed E-state index contributed by atoms with van der Waals surface area (Å²) in [6, 6.07) is 23.1. The van der Waals surface area contributed by atoms with Gasteiger partial charge in [0.05, 0.1) is 12.6 Å². The molecular weight excluding hydrogens is 352 g/mol. The van der Waals surface area contributed by atoms with Crippen LogP contribution in [0.4, 0.5) is 0 Å². The van der Waals surface area contributed by atoms with Gasteiger partial charge in [-0.1, -0.05) is 18.2 Å². The highest BCUT2D eigenvalue weighted by Crippen LogP contribution is 2.24. The molecule has 0 aliphatic heterocycles. The van der Waals surface area contributed by atoms with Crippen LogP contribution in [0.1, 0.15) is 15.9 Å². The lowest BCUT2D eigenvalue weighted by Gasteiger charge is -2.10. The molecule has 0 aliphatic carbocycles. The first kappa shape index (κ1) is 17.7. The fourth-order valence-corrected chi connectivity index (χ4v) is 3.10. The van der Waals surface area contributed by atoms with Crippen LogP contribution in [0.3, 0.4) is 0 Å². The minimum atomic E-state index is -0.433. The van der Waals surface area contributed by atoms with Crippen LogP contribution in [0.25, 0.3) is 16.6 Å². The number of fused-ring (bicyclic) bond motifs is 1. The van der Waals surface area contributed by atoms with Crippen LogP contribution in [-0.4, -0.2) is 17.6 Å². The first-order valence-electron chi connectivity index (χ1n) is 8.91. The van der Waals surface area contributed by atoms with Crippen LogP contribution in [0.5, 0.6) is 11.5 Å². The molecule has 0 bridgehead atoms. The third kappa shape index (κ3) is 3.55. The lowest BCUT2D eigenvalue weighted by atomic mass is 10.1. The maximum absolute atomic E-state index is 11.5. The Morgan fingerprint density at radius 3 is 2.32 bits per heavy atom. The van der Waals surface area contributed by atoms with Gasteiger partial charge in [0.1, 0.15) is 18.1 Å². The molecule has 2 N–H and O–H groups in total. The van der Waals surface area contributed by atoms with Gasteiger partial charge in [0.2, 0.25) is 5.91 Å². The summed E-state index contributed by atoms with van der Waals surface area (Å²) in [5.41, 5.74) is 8.88. The van der Waals surface area contributed by atoms with Gasteiger partial charge in [-0.2, -0.15) is 0 Å². The number of nitrogens with two attached hydrogens (primary N) is 1. The van der Waals surface area contributed by atoms with Crippen molar-refractivity contribution < 1.29 is 14.3 Å². The van der Waals surface area contributed by atoms with Gasteiger partial charge >= 0.3 is 0 Å². The van der Waals surface area contributed by atoms with Gasteiger partial charge in [-0.3, -0.25) is 4.79 Å². The smallest absolute Gasteiger partial charge is 0.248 e. The second-order valence-corrected chi connectivity index (χ2v) is 6.45. The first-order valence-corrected chi connectivity index (χ1v) is 8.91. The van der Waals surface area contributed by atoms with Crippen LogP contribution in [0.15, 0.2) is 79.0 Å². The van der Waals surface area contributed by atoms with Crippen molar-refractivity contribution in [2.24, 2.45) is 5.73 Å². The molecule has 5 heteroatoms. The Morgan fingerprint density at radius 2 is 1.64 bits per heavy atom. The van der Waals surface area contributed by atoms with Crippen LogP contribution in [-0.2, 0) is 6.61 Å². The zero-order valence-corrected chi connectivity index (χ0v) is 15.5. The van der Waals surface area contributed by atoms with E-state index in [0.717, 1.165) is 33.7 Å². The maximum Gasteiger partial charge on any atom is 0.248 e. The molecule has 0 spiro atoms. The molecule has 140 valence electrons. The number of aromatic nitrogens is 1. The van der Waals surface area contributed by atoms with Crippen LogP contribution >= 0.6 is 0 Å². The van der Waals surface area contributed by atoms with E-state index >= 15 is 0 Å². The Morgan fingerprint density at radius 1 is 0.929 bits per heavy atom. The Hall–Kier alpha value is -3.73. The van der Waals surface area contributed by atoms with Crippen molar-refractivity contribution in [2.45, 2.75) is 6.61 Å². The fraction of sp³-hybridized carbons (Fsp3) is 0.0870. The predicted octanol–water partition coefficient (Wildman–Crippen LogP) is 4.32. The molecule has 4 aromatic rings. The van der Waals surface area contributed by atoms with E-state index in [2.05, 4.69) is 0 Å². The SMILES string of the molecule is COc1ccc(COc2ccc(-n3ccc4ccc(C(N)=O)cc43)cc2)cc1. The molecule has 0 atom stereocenters. The highest BCUT2D eigenvalue weighted by Gasteiger charge is 2.07. The summed E-state index contributed by atoms with van der Waals surface area (Å²) < 4.78 is 13.1. The van der Waals surface area contributed by atoms with Crippen molar-refractivity contribution >= 4 is 16.8 Å². The molecule has 5 nitrogen and oxygen atoms in total. The molecule has 4 rings (SSSR count). The van der Waals surface area contributed by atoms with Crippen molar-refractivity contribution in [3.8, 4) is 17.2 Å². The van der Waals surface area contributed by atoms with Crippen molar-refractivity contribution in [3.63, 3.8) is 0 Å². The summed E-state index contributed by atoms with van der Waals surface area (Å²) in [5.74, 6) is 1.18. The number of methoxy groups -OCH3 is 1. The zero-order chi connectivity index (χ0) is 19.5. The van der Waals surface area contributed by atoms with E-state index < -0.39 is 5.91 Å². The number of hydrogen-bond acceptors (Lipinski definition) is 3. The van der Waals surface area contributed by atoms with Gasteiger partial charge in [0, 0.05) is 17.4 Å². The molecule has 0 unspecified atom stereocenters. The predicted molar refractivity (Wildman–Crippen MR) is 109 cm³/mol. The van der Waals surface area contributed by atoms with Crippen molar-refractivity contribution in [1.82, 2.24) is 4.57 Å². The molecule has 0 saturated heterocycles. The molecule has 0 aliphatic rings. The Bertz CT molecular complexity index is 1110. The molecule has 1 aromatic heterocycles. The van der Waals surface area contributed by atoms with Crippen molar-refractivity contribution in [2.75, 3.05) is 7.11 Å². The summed E-state index contributed by atoms with van der Waals surface area (Å²) in [5, 5.41) is 1.05. The quantitative estimate of drug-likeness (QED) is 0.548. The Labute approximate surface area is 162 Å². The molecule has 3 aromatic carbocycles. The minimum absolute atomic E-state index is 0.433. The van der Waals surface area contributed by atoms with E-state index in [-0.39, 0.29) is 0 Å². The average molecular weight is 372 g/mol. The summed E-state index contributed by atoms with van der Waals surface area (Å²) >= 11 is 0. The number of benzene rings is 3. The Balaban J connectivity index is 1.52. The highest BCUT2D eigenvalue weighted by molar-refractivity contribution is 5.97. The molecule has 28 heavy (non-hydrogen) atoms. The van der Waals surface area contributed by atoms with E-state index in [9.17, 15) is 4.79 Å². The number of carbonyl (C=O) groups is 1. The topological polar surface area (TPSA) is 66.5 Å². The van der Waals surface area contributed by atoms with Gasteiger partial charge in [0.15, 0.2) is 0 Å². The third-order valence-electron chi connectivity index (χ3n) is 4.66. The Kier molecular flexibility index (Phi) is 4.72. The first-order chi connectivity index (χ1) is 13.6. The van der Waals surface area contributed by atoms with Gasteiger partial charge in [-0.25, -0.2) is 0 Å². The standard InChI is InChI=1S/C23H20N2O3/c1-27-20-8-2-16(3-9-20)15-28-21-10-6-19(7-11-21)25-13-12-17-4-5-18(23(24)26)14-22(17)25/h2-14H,15H2,1H3,(H2,24,26). The normalized spacial score (nSPS) is 10.8. The number of primary amides is 1. The average Bonchev–Trinajstić information content (AvgIpc) is 3.16. The summed E-state index contributed by atoms with van der Waals surface area (Å²) in [6.07, 6.45) is 1.97. The van der Waals surface area contributed by atoms with Gasteiger partial charge < -0.3 is 19.8 Å². The second-order valence-electron chi connectivity index (χ2n) is 6.45. The van der Waals surface area contributed by atoms with Crippen LogP contribution in [0.2, 0.25) is 0 Å². The molecule has 1 heterocycles.